The van der Waals surface area contributed by atoms with Crippen molar-refractivity contribution in [2.45, 2.75) is 0 Å². The number of benzene rings is 9. The lowest BCUT2D eigenvalue weighted by atomic mass is 9.96. The fourth-order valence-corrected chi connectivity index (χ4v) is 8.20. The molecule has 0 aliphatic rings. The van der Waals surface area contributed by atoms with Crippen LogP contribution in [0.25, 0.3) is 111 Å². The van der Waals surface area contributed by atoms with E-state index < -0.39 is 0 Å². The van der Waals surface area contributed by atoms with Crippen LogP contribution in [0.5, 0.6) is 0 Å². The Kier molecular flexibility index (Phi) is 8.45. The van der Waals surface area contributed by atoms with Crippen LogP contribution in [0.4, 0.5) is 0 Å². The number of aromatic nitrogens is 3. The smallest absolute Gasteiger partial charge is 0.164 e. The average Bonchev–Trinajstić information content (AvgIpc) is 3.72. The van der Waals surface area contributed by atoms with Gasteiger partial charge in [-0.2, -0.15) is 0 Å². The first-order valence-corrected chi connectivity index (χ1v) is 19.8. The lowest BCUT2D eigenvalue weighted by Crippen LogP contribution is -2.00. The second kappa shape index (κ2) is 14.5. The summed E-state index contributed by atoms with van der Waals surface area (Å²) in [4.78, 5) is 15.4. The first-order chi connectivity index (χ1) is 29.2. The zero-order chi connectivity index (χ0) is 39.1. The molecule has 0 unspecified atom stereocenters. The Morgan fingerprint density at radius 3 is 1.25 bits per heavy atom. The van der Waals surface area contributed by atoms with E-state index in [4.69, 9.17) is 19.4 Å². The standard InChI is InChI=1S/C55H35N3O/c1-3-14-36(15-4-1)39-19-10-24-44(33-39)53-56-54(45-25-11-20-40(34-45)37-16-5-2-6-17-37)58-55(57-53)46-26-12-22-42(35-46)41-21-9-23-43(32-41)48-28-13-29-49-51-47-27-8-7-18-38(47)30-31-50(51)59-52(48)49/h1-35H. The van der Waals surface area contributed by atoms with Gasteiger partial charge in [-0.25, -0.2) is 15.0 Å². The van der Waals surface area contributed by atoms with Crippen LogP contribution in [0.15, 0.2) is 217 Å². The van der Waals surface area contributed by atoms with Crippen LogP contribution in [0.2, 0.25) is 0 Å². The van der Waals surface area contributed by atoms with Gasteiger partial charge < -0.3 is 4.42 Å². The van der Waals surface area contributed by atoms with Crippen molar-refractivity contribution in [2.24, 2.45) is 0 Å². The van der Waals surface area contributed by atoms with E-state index in [1.165, 1.54) is 10.8 Å². The monoisotopic (exact) mass is 753 g/mol. The van der Waals surface area contributed by atoms with E-state index in [1.807, 2.05) is 12.1 Å². The molecule has 2 aromatic heterocycles. The zero-order valence-electron chi connectivity index (χ0n) is 32.0. The molecule has 0 saturated heterocycles. The van der Waals surface area contributed by atoms with E-state index in [1.54, 1.807) is 0 Å². The summed E-state index contributed by atoms with van der Waals surface area (Å²) in [7, 11) is 0. The molecule has 0 aliphatic carbocycles. The van der Waals surface area contributed by atoms with Gasteiger partial charge in [0.15, 0.2) is 17.5 Å². The molecule has 0 radical (unpaired) electrons. The van der Waals surface area contributed by atoms with Gasteiger partial charge in [0.05, 0.1) is 0 Å². The fraction of sp³-hybridized carbons (Fsp3) is 0. The number of nitrogens with zero attached hydrogens (tertiary/aromatic N) is 3. The summed E-state index contributed by atoms with van der Waals surface area (Å²) < 4.78 is 6.61. The summed E-state index contributed by atoms with van der Waals surface area (Å²) in [5.41, 5.74) is 13.3. The molecule has 4 heteroatoms. The molecule has 9 aromatic carbocycles. The molecule has 11 rings (SSSR count). The van der Waals surface area contributed by atoms with Crippen LogP contribution in [-0.4, -0.2) is 15.0 Å². The lowest BCUT2D eigenvalue weighted by molar-refractivity contribution is 0.670. The number of fused-ring (bicyclic) bond motifs is 5. The van der Waals surface area contributed by atoms with Crippen LogP contribution in [-0.2, 0) is 0 Å². The van der Waals surface area contributed by atoms with Crippen LogP contribution < -0.4 is 0 Å². The Morgan fingerprint density at radius 2 is 0.695 bits per heavy atom. The summed E-state index contributed by atoms with van der Waals surface area (Å²) in [6, 6.07) is 74.0. The molecule has 0 fully saturated rings. The Labute approximate surface area is 341 Å². The average molecular weight is 754 g/mol. The normalized spacial score (nSPS) is 11.4. The zero-order valence-corrected chi connectivity index (χ0v) is 32.0. The highest BCUT2D eigenvalue weighted by molar-refractivity contribution is 6.20. The minimum atomic E-state index is 0.609. The van der Waals surface area contributed by atoms with Gasteiger partial charge in [-0.1, -0.05) is 182 Å². The summed E-state index contributed by atoms with van der Waals surface area (Å²) in [5.74, 6) is 1.84. The summed E-state index contributed by atoms with van der Waals surface area (Å²) >= 11 is 0. The van der Waals surface area contributed by atoms with Gasteiger partial charge in [0, 0.05) is 33.0 Å². The van der Waals surface area contributed by atoms with Crippen molar-refractivity contribution in [3.05, 3.63) is 212 Å². The van der Waals surface area contributed by atoms with Crippen molar-refractivity contribution in [1.82, 2.24) is 15.0 Å². The van der Waals surface area contributed by atoms with Crippen LogP contribution in [0.1, 0.15) is 0 Å². The maximum absolute atomic E-state index is 6.61. The Balaban J connectivity index is 1.02. The van der Waals surface area contributed by atoms with E-state index in [0.29, 0.717) is 17.5 Å². The van der Waals surface area contributed by atoms with Crippen molar-refractivity contribution in [3.63, 3.8) is 0 Å². The molecule has 0 atom stereocenters. The molecule has 2 heterocycles. The van der Waals surface area contributed by atoms with Crippen molar-refractivity contribution in [2.75, 3.05) is 0 Å². The molecule has 0 spiro atoms. The van der Waals surface area contributed by atoms with Crippen molar-refractivity contribution >= 4 is 32.7 Å². The SMILES string of the molecule is c1ccc(-c2cccc(-c3nc(-c4cccc(-c5ccccc5)c4)nc(-c4cccc(-c5cccc(-c6cccc7c6oc6ccc8ccccc8c67)c5)c4)n3)c2)cc1. The van der Waals surface area contributed by atoms with Gasteiger partial charge in [0.25, 0.3) is 0 Å². The van der Waals surface area contributed by atoms with Gasteiger partial charge in [-0.15, -0.1) is 0 Å². The van der Waals surface area contributed by atoms with Gasteiger partial charge in [-0.3, -0.25) is 0 Å². The molecule has 0 saturated carbocycles. The van der Waals surface area contributed by atoms with E-state index in [2.05, 4.69) is 200 Å². The van der Waals surface area contributed by atoms with Gasteiger partial charge in [0.2, 0.25) is 0 Å². The van der Waals surface area contributed by atoms with Crippen molar-refractivity contribution < 1.29 is 4.42 Å². The Morgan fingerprint density at radius 1 is 0.288 bits per heavy atom. The minimum absolute atomic E-state index is 0.609. The second-order valence-corrected chi connectivity index (χ2v) is 14.8. The molecular formula is C55H35N3O. The number of para-hydroxylation sites is 1. The number of furan rings is 1. The number of hydrogen-bond acceptors (Lipinski definition) is 4. The third-order valence-electron chi connectivity index (χ3n) is 11.1. The minimum Gasteiger partial charge on any atom is -0.455 e. The van der Waals surface area contributed by atoms with Crippen LogP contribution in [0.3, 0.4) is 0 Å². The van der Waals surface area contributed by atoms with Crippen LogP contribution in [0, 0.1) is 0 Å². The molecule has 59 heavy (non-hydrogen) atoms. The van der Waals surface area contributed by atoms with Crippen LogP contribution >= 0.6 is 0 Å². The first kappa shape index (κ1) is 34.3. The quantitative estimate of drug-likeness (QED) is 0.163. The molecule has 4 nitrogen and oxygen atoms in total. The predicted octanol–water partition coefficient (Wildman–Crippen LogP) is 14.6. The van der Waals surface area contributed by atoms with Gasteiger partial charge >= 0.3 is 0 Å². The van der Waals surface area contributed by atoms with Crippen molar-refractivity contribution in [3.8, 4) is 78.7 Å². The Hall–Kier alpha value is -7.95. The molecule has 0 bridgehead atoms. The highest BCUT2D eigenvalue weighted by Crippen LogP contribution is 2.40. The lowest BCUT2D eigenvalue weighted by Gasteiger charge is -2.12. The van der Waals surface area contributed by atoms with Gasteiger partial charge in [-0.05, 0) is 80.0 Å². The molecular weight excluding hydrogens is 719 g/mol. The summed E-state index contributed by atoms with van der Waals surface area (Å²) in [6.45, 7) is 0. The van der Waals surface area contributed by atoms with Crippen molar-refractivity contribution in [1.29, 1.82) is 0 Å². The molecule has 11 aromatic rings. The Bertz CT molecular complexity index is 3230. The van der Waals surface area contributed by atoms with E-state index in [0.717, 1.165) is 83.1 Å². The maximum Gasteiger partial charge on any atom is 0.164 e. The predicted molar refractivity (Wildman–Crippen MR) is 243 cm³/mol. The number of rotatable bonds is 7. The maximum atomic E-state index is 6.61. The van der Waals surface area contributed by atoms with Gasteiger partial charge in [0.1, 0.15) is 11.2 Å². The molecule has 0 N–H and O–H groups in total. The third-order valence-corrected chi connectivity index (χ3v) is 11.1. The van der Waals surface area contributed by atoms with E-state index in [9.17, 15) is 0 Å². The highest BCUT2D eigenvalue weighted by atomic mass is 16.3. The topological polar surface area (TPSA) is 51.8 Å². The largest absolute Gasteiger partial charge is 0.455 e. The fourth-order valence-electron chi connectivity index (χ4n) is 8.20. The first-order valence-electron chi connectivity index (χ1n) is 19.8. The summed E-state index contributed by atoms with van der Waals surface area (Å²) in [5, 5.41) is 4.67. The molecule has 0 amide bonds. The summed E-state index contributed by atoms with van der Waals surface area (Å²) in [6.07, 6.45) is 0. The van der Waals surface area contributed by atoms with E-state index in [-0.39, 0.29) is 0 Å². The molecule has 276 valence electrons. The number of hydrogen-bond donors (Lipinski definition) is 0. The second-order valence-electron chi connectivity index (χ2n) is 14.8. The van der Waals surface area contributed by atoms with E-state index >= 15 is 0 Å². The highest BCUT2D eigenvalue weighted by Gasteiger charge is 2.17. The third kappa shape index (κ3) is 6.43. The molecule has 0 aliphatic heterocycles.